The van der Waals surface area contributed by atoms with Crippen molar-refractivity contribution in [2.75, 3.05) is 19.6 Å². The molecule has 8 nitrogen and oxygen atoms in total. The first kappa shape index (κ1) is 21.8. The maximum absolute atomic E-state index is 12.0. The van der Waals surface area contributed by atoms with Crippen LogP contribution in [0.25, 0.3) is 5.69 Å². The monoisotopic (exact) mass is 375 g/mol. The smallest absolute Gasteiger partial charge is 0.294 e. The lowest BCUT2D eigenvalue weighted by Gasteiger charge is -2.08. The van der Waals surface area contributed by atoms with Gasteiger partial charge in [-0.1, -0.05) is 6.92 Å². The van der Waals surface area contributed by atoms with Crippen molar-refractivity contribution in [1.29, 1.82) is 0 Å². The molecule has 2 aromatic rings. The number of halogens is 2. The molecule has 132 valence electrons. The van der Waals surface area contributed by atoms with Crippen LogP contribution in [0.1, 0.15) is 17.3 Å². The molecule has 1 amide bonds. The van der Waals surface area contributed by atoms with E-state index in [2.05, 4.69) is 15.6 Å². The molecule has 0 aliphatic heterocycles. The number of nitrogens with zero attached hydrogens (tertiary/aromatic N) is 3. The van der Waals surface area contributed by atoms with E-state index in [1.165, 1.54) is 23.2 Å². The lowest BCUT2D eigenvalue weighted by atomic mass is 10.1. The van der Waals surface area contributed by atoms with Gasteiger partial charge in [0.2, 0.25) is 0 Å². The second kappa shape index (κ2) is 10.6. The van der Waals surface area contributed by atoms with Crippen molar-refractivity contribution in [3.63, 3.8) is 0 Å². The van der Waals surface area contributed by atoms with Gasteiger partial charge in [-0.3, -0.25) is 14.9 Å². The lowest BCUT2D eigenvalue weighted by Crippen LogP contribution is -2.31. The Kier molecular flexibility index (Phi) is 9.63. The van der Waals surface area contributed by atoms with Gasteiger partial charge < -0.3 is 15.2 Å². The number of nitro groups is 1. The van der Waals surface area contributed by atoms with Crippen LogP contribution in [-0.4, -0.2) is 40.0 Å². The highest BCUT2D eigenvalue weighted by atomic mass is 35.5. The first-order chi connectivity index (χ1) is 10.6. The van der Waals surface area contributed by atoms with Crippen molar-refractivity contribution >= 4 is 36.4 Å². The average Bonchev–Trinajstić information content (AvgIpc) is 3.05. The fraction of sp³-hybridized carbons (Fsp3) is 0.286. The van der Waals surface area contributed by atoms with Crippen molar-refractivity contribution in [2.45, 2.75) is 6.92 Å². The summed E-state index contributed by atoms with van der Waals surface area (Å²) in [6.45, 7) is 3.90. The van der Waals surface area contributed by atoms with Crippen molar-refractivity contribution in [3.05, 3.63) is 52.6 Å². The summed E-state index contributed by atoms with van der Waals surface area (Å²) < 4.78 is 1.53. The summed E-state index contributed by atoms with van der Waals surface area (Å²) in [4.78, 5) is 26.6. The Hall–Kier alpha value is -2.16. The largest absolute Gasteiger partial charge is 0.351 e. The molecule has 0 radical (unpaired) electrons. The topological polar surface area (TPSA) is 102 Å². The lowest BCUT2D eigenvalue weighted by molar-refractivity contribution is -0.384. The Labute approximate surface area is 151 Å². The number of hydrogen-bond acceptors (Lipinski definition) is 5. The quantitative estimate of drug-likeness (QED) is 0.437. The first-order valence-electron chi connectivity index (χ1n) is 6.89. The molecule has 0 aliphatic carbocycles. The molecular weight excluding hydrogens is 357 g/mol. The summed E-state index contributed by atoms with van der Waals surface area (Å²) in [5, 5.41) is 17.0. The zero-order valence-corrected chi connectivity index (χ0v) is 14.6. The minimum atomic E-state index is -0.509. The van der Waals surface area contributed by atoms with Gasteiger partial charge >= 0.3 is 0 Å². The van der Waals surface area contributed by atoms with E-state index in [0.717, 1.165) is 6.54 Å². The van der Waals surface area contributed by atoms with Crippen LogP contribution in [0.15, 0.2) is 36.9 Å². The standard InChI is InChI=1S/C14H17N5O3.2ClH/c1-2-15-5-6-17-14(20)11-3-4-12(13(9-11)19(21)22)18-8-7-16-10-18;;/h3-4,7-10,15H,2,5-6H2,1H3,(H,17,20);2*1H. The van der Waals surface area contributed by atoms with E-state index in [1.807, 2.05) is 6.92 Å². The van der Waals surface area contributed by atoms with E-state index >= 15 is 0 Å². The number of nitro benzene ring substituents is 1. The van der Waals surface area contributed by atoms with Crippen LogP contribution < -0.4 is 10.6 Å². The molecular formula is C14H19Cl2N5O3. The van der Waals surface area contributed by atoms with Crippen LogP contribution in [0.2, 0.25) is 0 Å². The third kappa shape index (κ3) is 5.48. The molecule has 0 aliphatic rings. The summed E-state index contributed by atoms with van der Waals surface area (Å²) in [6, 6.07) is 4.38. The van der Waals surface area contributed by atoms with Crippen molar-refractivity contribution in [1.82, 2.24) is 20.2 Å². The fourth-order valence-corrected chi connectivity index (χ4v) is 1.97. The van der Waals surface area contributed by atoms with E-state index < -0.39 is 4.92 Å². The van der Waals surface area contributed by atoms with Crippen molar-refractivity contribution in [3.8, 4) is 5.69 Å². The molecule has 0 bridgehead atoms. The third-order valence-electron chi connectivity index (χ3n) is 3.05. The number of rotatable bonds is 7. The number of nitrogens with one attached hydrogen (secondary N) is 2. The minimum absolute atomic E-state index is 0. The molecule has 1 heterocycles. The molecule has 2 rings (SSSR count). The highest BCUT2D eigenvalue weighted by Gasteiger charge is 2.18. The number of aromatic nitrogens is 2. The molecule has 0 unspecified atom stereocenters. The van der Waals surface area contributed by atoms with Gasteiger partial charge in [0.25, 0.3) is 11.6 Å². The van der Waals surface area contributed by atoms with Gasteiger partial charge in [-0.25, -0.2) is 4.98 Å². The highest BCUT2D eigenvalue weighted by Crippen LogP contribution is 2.24. The van der Waals surface area contributed by atoms with Crippen LogP contribution in [0.5, 0.6) is 0 Å². The number of carbonyl (C=O) groups is 1. The highest BCUT2D eigenvalue weighted by molar-refractivity contribution is 5.95. The zero-order valence-electron chi connectivity index (χ0n) is 13.0. The second-order valence-electron chi connectivity index (χ2n) is 4.54. The van der Waals surface area contributed by atoms with Crippen LogP contribution in [0, 0.1) is 10.1 Å². The molecule has 0 atom stereocenters. The molecule has 0 saturated heterocycles. The third-order valence-corrected chi connectivity index (χ3v) is 3.05. The van der Waals surface area contributed by atoms with Gasteiger partial charge in [0, 0.05) is 37.1 Å². The number of hydrogen-bond donors (Lipinski definition) is 2. The normalized spacial score (nSPS) is 9.54. The number of likely N-dealkylation sites (N-methyl/N-ethyl adjacent to an activating group) is 1. The SMILES string of the molecule is CCNCCNC(=O)c1ccc(-n2ccnc2)c([N+](=O)[O-])c1.Cl.Cl. The summed E-state index contributed by atoms with van der Waals surface area (Å²) >= 11 is 0. The summed E-state index contributed by atoms with van der Waals surface area (Å²) in [6.07, 6.45) is 4.61. The molecule has 0 saturated carbocycles. The Bertz CT molecular complexity index is 664. The Morgan fingerprint density at radius 1 is 1.33 bits per heavy atom. The predicted octanol–water partition coefficient (Wildman–Crippen LogP) is 1.96. The van der Waals surface area contributed by atoms with Crippen molar-refractivity contribution < 1.29 is 9.72 Å². The number of imidazole rings is 1. The maximum Gasteiger partial charge on any atom is 0.294 e. The van der Waals surface area contributed by atoms with Crippen LogP contribution in [0.3, 0.4) is 0 Å². The van der Waals surface area contributed by atoms with E-state index in [9.17, 15) is 14.9 Å². The van der Waals surface area contributed by atoms with E-state index in [-0.39, 0.29) is 42.0 Å². The summed E-state index contributed by atoms with van der Waals surface area (Å²) in [7, 11) is 0. The predicted molar refractivity (Wildman–Crippen MR) is 95.6 cm³/mol. The number of amides is 1. The number of benzene rings is 1. The van der Waals surface area contributed by atoms with Gasteiger partial charge in [-0.05, 0) is 18.7 Å². The van der Waals surface area contributed by atoms with Gasteiger partial charge in [0.1, 0.15) is 5.69 Å². The van der Waals surface area contributed by atoms with Crippen molar-refractivity contribution in [2.24, 2.45) is 0 Å². The van der Waals surface area contributed by atoms with Crippen LogP contribution in [0.4, 0.5) is 5.69 Å². The summed E-state index contributed by atoms with van der Waals surface area (Å²) in [5.41, 5.74) is 0.482. The van der Waals surface area contributed by atoms with Crippen LogP contribution >= 0.6 is 24.8 Å². The Morgan fingerprint density at radius 3 is 2.67 bits per heavy atom. The molecule has 1 aromatic heterocycles. The molecule has 2 N–H and O–H groups in total. The van der Waals surface area contributed by atoms with E-state index in [0.29, 0.717) is 18.8 Å². The van der Waals surface area contributed by atoms with E-state index in [1.54, 1.807) is 18.3 Å². The Morgan fingerprint density at radius 2 is 2.08 bits per heavy atom. The number of carbonyl (C=O) groups excluding carboxylic acids is 1. The summed E-state index contributed by atoms with van der Waals surface area (Å²) in [5.74, 6) is -0.335. The van der Waals surface area contributed by atoms with Gasteiger partial charge in [0.05, 0.1) is 11.3 Å². The van der Waals surface area contributed by atoms with Gasteiger partial charge in [0.15, 0.2) is 0 Å². The molecule has 0 fully saturated rings. The van der Waals surface area contributed by atoms with E-state index in [4.69, 9.17) is 0 Å². The van der Waals surface area contributed by atoms with Gasteiger partial charge in [-0.2, -0.15) is 0 Å². The fourth-order valence-electron chi connectivity index (χ4n) is 1.97. The second-order valence-corrected chi connectivity index (χ2v) is 4.54. The van der Waals surface area contributed by atoms with Gasteiger partial charge in [-0.15, -0.1) is 24.8 Å². The maximum atomic E-state index is 12.0. The minimum Gasteiger partial charge on any atom is -0.351 e. The molecule has 24 heavy (non-hydrogen) atoms. The zero-order chi connectivity index (χ0) is 15.9. The molecule has 0 spiro atoms. The van der Waals surface area contributed by atoms with Crippen LogP contribution in [-0.2, 0) is 0 Å². The molecule has 1 aromatic carbocycles. The average molecular weight is 376 g/mol. The molecule has 10 heteroatoms. The Balaban J connectivity index is 0.00000264. The first-order valence-corrected chi connectivity index (χ1v) is 6.89.